The van der Waals surface area contributed by atoms with E-state index in [-0.39, 0.29) is 11.8 Å². The van der Waals surface area contributed by atoms with Crippen LogP contribution in [0.3, 0.4) is 0 Å². The van der Waals surface area contributed by atoms with Gasteiger partial charge in [0.2, 0.25) is 5.91 Å². The number of esters is 1. The Bertz CT molecular complexity index is 625. The van der Waals surface area contributed by atoms with Gasteiger partial charge in [-0.1, -0.05) is 6.07 Å². The van der Waals surface area contributed by atoms with E-state index in [1.54, 1.807) is 28.0 Å². The van der Waals surface area contributed by atoms with Crippen LogP contribution in [-0.4, -0.2) is 60.4 Å². The molecule has 0 aliphatic carbocycles. The van der Waals surface area contributed by atoms with E-state index < -0.39 is 12.0 Å². The van der Waals surface area contributed by atoms with Crippen LogP contribution in [-0.2, 0) is 9.53 Å². The van der Waals surface area contributed by atoms with Gasteiger partial charge in [0, 0.05) is 25.2 Å². The number of methoxy groups -OCH3 is 1. The number of carbonyl (C=O) groups is 3. The van der Waals surface area contributed by atoms with Crippen molar-refractivity contribution in [3.8, 4) is 0 Å². The standard InChI is InChI=1S/C18H24N2O4/c1-4-19(5-2)17(22)15-10-7-11-20(15)16(21)13-8-6-9-14(12-13)18(23)24-3/h6,8-9,12,15H,4-5,7,10-11H2,1-3H3/t15-/m1/s1. The molecule has 1 aliphatic rings. The maximum absolute atomic E-state index is 12.8. The normalized spacial score (nSPS) is 16.8. The molecule has 0 spiro atoms. The van der Waals surface area contributed by atoms with E-state index >= 15 is 0 Å². The van der Waals surface area contributed by atoms with Crippen molar-refractivity contribution >= 4 is 17.8 Å². The number of hydrogen-bond acceptors (Lipinski definition) is 4. The van der Waals surface area contributed by atoms with Crippen LogP contribution in [0.25, 0.3) is 0 Å². The van der Waals surface area contributed by atoms with Gasteiger partial charge in [0.25, 0.3) is 5.91 Å². The van der Waals surface area contributed by atoms with Gasteiger partial charge >= 0.3 is 5.97 Å². The average molecular weight is 332 g/mol. The number of hydrogen-bond donors (Lipinski definition) is 0. The maximum atomic E-state index is 12.8. The SMILES string of the molecule is CCN(CC)C(=O)[C@H]1CCCN1C(=O)c1cccc(C(=O)OC)c1. The van der Waals surface area contributed by atoms with E-state index in [9.17, 15) is 14.4 Å². The maximum Gasteiger partial charge on any atom is 0.337 e. The fourth-order valence-corrected chi connectivity index (χ4v) is 3.08. The van der Waals surface area contributed by atoms with Crippen LogP contribution >= 0.6 is 0 Å². The molecule has 0 bridgehead atoms. The first-order valence-corrected chi connectivity index (χ1v) is 8.31. The number of likely N-dealkylation sites (tertiary alicyclic amines) is 1. The second-order valence-electron chi connectivity index (χ2n) is 5.74. The van der Waals surface area contributed by atoms with Crippen molar-refractivity contribution in [1.82, 2.24) is 9.80 Å². The lowest BCUT2D eigenvalue weighted by molar-refractivity contribution is -0.134. The summed E-state index contributed by atoms with van der Waals surface area (Å²) in [7, 11) is 1.30. The van der Waals surface area contributed by atoms with Crippen molar-refractivity contribution in [2.75, 3.05) is 26.7 Å². The predicted molar refractivity (Wildman–Crippen MR) is 89.8 cm³/mol. The first kappa shape index (κ1) is 18.0. The van der Waals surface area contributed by atoms with Crippen molar-refractivity contribution in [2.24, 2.45) is 0 Å². The zero-order valence-electron chi connectivity index (χ0n) is 14.4. The molecule has 1 heterocycles. The van der Waals surface area contributed by atoms with Crippen molar-refractivity contribution in [1.29, 1.82) is 0 Å². The number of ether oxygens (including phenoxy) is 1. The summed E-state index contributed by atoms with van der Waals surface area (Å²) >= 11 is 0. The van der Waals surface area contributed by atoms with Gasteiger partial charge in [-0.3, -0.25) is 9.59 Å². The van der Waals surface area contributed by atoms with Crippen LogP contribution in [0.2, 0.25) is 0 Å². The average Bonchev–Trinajstić information content (AvgIpc) is 3.11. The summed E-state index contributed by atoms with van der Waals surface area (Å²) in [5.74, 6) is -0.708. The van der Waals surface area contributed by atoms with Crippen LogP contribution in [0.15, 0.2) is 24.3 Å². The van der Waals surface area contributed by atoms with Gasteiger partial charge in [-0.05, 0) is 44.9 Å². The topological polar surface area (TPSA) is 66.9 Å². The largest absolute Gasteiger partial charge is 0.465 e. The molecule has 1 aromatic rings. The Morgan fingerprint density at radius 2 is 1.88 bits per heavy atom. The minimum Gasteiger partial charge on any atom is -0.465 e. The number of likely N-dealkylation sites (N-methyl/N-ethyl adjacent to an activating group) is 1. The van der Waals surface area contributed by atoms with Gasteiger partial charge < -0.3 is 14.5 Å². The lowest BCUT2D eigenvalue weighted by Crippen LogP contribution is -2.47. The van der Waals surface area contributed by atoms with E-state index in [4.69, 9.17) is 4.74 Å². The van der Waals surface area contributed by atoms with Crippen molar-refractivity contribution < 1.29 is 19.1 Å². The number of amides is 2. The molecule has 0 unspecified atom stereocenters. The van der Waals surface area contributed by atoms with Gasteiger partial charge in [0.1, 0.15) is 6.04 Å². The Morgan fingerprint density at radius 3 is 2.50 bits per heavy atom. The van der Waals surface area contributed by atoms with Crippen LogP contribution in [0.4, 0.5) is 0 Å². The second-order valence-corrected chi connectivity index (χ2v) is 5.74. The summed E-state index contributed by atoms with van der Waals surface area (Å²) in [6.07, 6.45) is 1.48. The second kappa shape index (κ2) is 7.95. The molecule has 0 radical (unpaired) electrons. The highest BCUT2D eigenvalue weighted by Gasteiger charge is 2.36. The van der Waals surface area contributed by atoms with E-state index in [2.05, 4.69) is 0 Å². The monoisotopic (exact) mass is 332 g/mol. The van der Waals surface area contributed by atoms with Crippen molar-refractivity contribution in [3.05, 3.63) is 35.4 Å². The molecule has 6 heteroatoms. The molecular weight excluding hydrogens is 308 g/mol. The minimum atomic E-state index is -0.484. The first-order valence-electron chi connectivity index (χ1n) is 8.31. The molecule has 1 aliphatic heterocycles. The van der Waals surface area contributed by atoms with Crippen LogP contribution in [0.1, 0.15) is 47.4 Å². The summed E-state index contributed by atoms with van der Waals surface area (Å²) < 4.78 is 4.69. The highest BCUT2D eigenvalue weighted by Crippen LogP contribution is 2.22. The molecule has 24 heavy (non-hydrogen) atoms. The fourth-order valence-electron chi connectivity index (χ4n) is 3.08. The molecule has 1 saturated heterocycles. The van der Waals surface area contributed by atoms with Crippen molar-refractivity contribution in [2.45, 2.75) is 32.7 Å². The summed E-state index contributed by atoms with van der Waals surface area (Å²) in [5, 5.41) is 0. The van der Waals surface area contributed by atoms with Crippen LogP contribution < -0.4 is 0 Å². The lowest BCUT2D eigenvalue weighted by Gasteiger charge is -2.29. The van der Waals surface area contributed by atoms with Crippen LogP contribution in [0, 0.1) is 0 Å². The minimum absolute atomic E-state index is 0.00466. The molecule has 0 saturated carbocycles. The molecule has 2 amide bonds. The third-order valence-corrected chi connectivity index (χ3v) is 4.40. The summed E-state index contributed by atoms with van der Waals surface area (Å²) in [6.45, 7) is 5.68. The summed E-state index contributed by atoms with van der Waals surface area (Å²) in [6, 6.07) is 6.01. The quantitative estimate of drug-likeness (QED) is 0.773. The lowest BCUT2D eigenvalue weighted by atomic mass is 10.1. The van der Waals surface area contributed by atoms with E-state index in [1.165, 1.54) is 13.2 Å². The molecule has 1 fully saturated rings. The highest BCUT2D eigenvalue weighted by atomic mass is 16.5. The third-order valence-electron chi connectivity index (χ3n) is 4.40. The first-order chi connectivity index (χ1) is 11.5. The van der Waals surface area contributed by atoms with Gasteiger partial charge in [0.15, 0.2) is 0 Å². The van der Waals surface area contributed by atoms with Gasteiger partial charge in [-0.25, -0.2) is 4.79 Å². The number of carbonyl (C=O) groups excluding carboxylic acids is 3. The molecule has 1 aromatic carbocycles. The van der Waals surface area contributed by atoms with Crippen LogP contribution in [0.5, 0.6) is 0 Å². The Morgan fingerprint density at radius 1 is 1.21 bits per heavy atom. The summed E-state index contributed by atoms with van der Waals surface area (Å²) in [4.78, 5) is 40.5. The highest BCUT2D eigenvalue weighted by molar-refractivity contribution is 6.00. The zero-order valence-corrected chi connectivity index (χ0v) is 14.4. The summed E-state index contributed by atoms with van der Waals surface area (Å²) in [5.41, 5.74) is 0.728. The molecular formula is C18H24N2O4. The molecule has 0 N–H and O–H groups in total. The zero-order chi connectivity index (χ0) is 17.7. The molecule has 1 atom stereocenters. The number of benzene rings is 1. The van der Waals surface area contributed by atoms with Gasteiger partial charge in [0.05, 0.1) is 12.7 Å². The Balaban J connectivity index is 2.22. The van der Waals surface area contributed by atoms with Gasteiger partial charge in [-0.15, -0.1) is 0 Å². The number of nitrogens with zero attached hydrogens (tertiary/aromatic N) is 2. The number of rotatable bonds is 5. The fraction of sp³-hybridized carbons (Fsp3) is 0.500. The van der Waals surface area contributed by atoms with E-state index in [0.29, 0.717) is 37.2 Å². The molecule has 0 aromatic heterocycles. The Labute approximate surface area is 142 Å². The van der Waals surface area contributed by atoms with Crippen molar-refractivity contribution in [3.63, 3.8) is 0 Å². The third kappa shape index (κ3) is 3.58. The van der Waals surface area contributed by atoms with E-state index in [1.807, 2.05) is 13.8 Å². The van der Waals surface area contributed by atoms with E-state index in [0.717, 1.165) is 6.42 Å². The Hall–Kier alpha value is -2.37. The molecule has 2 rings (SSSR count). The smallest absolute Gasteiger partial charge is 0.337 e. The van der Waals surface area contributed by atoms with Gasteiger partial charge in [-0.2, -0.15) is 0 Å². The predicted octanol–water partition coefficient (Wildman–Crippen LogP) is 1.95. The molecule has 130 valence electrons. The Kier molecular flexibility index (Phi) is 5.95. The molecule has 6 nitrogen and oxygen atoms in total.